The molecule has 0 aromatic heterocycles. The number of nitro benzene ring substituents is 1. The molecule has 1 aliphatic heterocycles. The highest BCUT2D eigenvalue weighted by Gasteiger charge is 2.20. The molecule has 6 heteroatoms. The molecule has 0 amide bonds. The summed E-state index contributed by atoms with van der Waals surface area (Å²) in [5, 5.41) is 14.5. The first-order valence-corrected chi connectivity index (χ1v) is 7.11. The average molecular weight is 301 g/mol. The van der Waals surface area contributed by atoms with Crippen molar-refractivity contribution in [3.63, 3.8) is 0 Å². The Labute approximate surface area is 127 Å². The molecule has 0 bridgehead atoms. The minimum Gasteiger partial charge on any atom is -0.365 e. The fraction of sp³-hybridized carbons (Fsp3) is 0.250. The van der Waals surface area contributed by atoms with Gasteiger partial charge in [-0.05, 0) is 23.8 Å². The van der Waals surface area contributed by atoms with Crippen LogP contribution in [0.2, 0.25) is 0 Å². The second-order valence-electron chi connectivity index (χ2n) is 5.26. The standard InChI is InChI=1S/C16H16FN3O2/c17-14-5-6-16(20(21)22)13(9-14)11-19-8-7-18-10-12-3-1-2-4-15(12)19/h1-6,9,18H,7-8,10-11H2. The van der Waals surface area contributed by atoms with E-state index >= 15 is 0 Å². The molecule has 5 nitrogen and oxygen atoms in total. The molecule has 1 aliphatic rings. The van der Waals surface area contributed by atoms with Crippen LogP contribution in [0.15, 0.2) is 42.5 Å². The summed E-state index contributed by atoms with van der Waals surface area (Å²) in [6, 6.07) is 11.5. The van der Waals surface area contributed by atoms with Crippen molar-refractivity contribution >= 4 is 11.4 Å². The number of nitrogens with zero attached hydrogens (tertiary/aromatic N) is 2. The third-order valence-electron chi connectivity index (χ3n) is 3.81. The molecule has 0 aliphatic carbocycles. The molecule has 22 heavy (non-hydrogen) atoms. The van der Waals surface area contributed by atoms with Gasteiger partial charge in [0.25, 0.3) is 5.69 Å². The van der Waals surface area contributed by atoms with Gasteiger partial charge in [-0.2, -0.15) is 0 Å². The first kappa shape index (κ1) is 14.5. The zero-order valence-electron chi connectivity index (χ0n) is 12.0. The maximum atomic E-state index is 13.5. The highest BCUT2D eigenvalue weighted by molar-refractivity contribution is 5.56. The number of para-hydroxylation sites is 1. The number of anilines is 1. The predicted molar refractivity (Wildman–Crippen MR) is 82.3 cm³/mol. The van der Waals surface area contributed by atoms with Gasteiger partial charge in [-0.15, -0.1) is 0 Å². The van der Waals surface area contributed by atoms with Crippen LogP contribution in [0.3, 0.4) is 0 Å². The van der Waals surface area contributed by atoms with Crippen molar-refractivity contribution in [2.24, 2.45) is 0 Å². The molecule has 0 atom stereocenters. The lowest BCUT2D eigenvalue weighted by molar-refractivity contribution is -0.385. The lowest BCUT2D eigenvalue weighted by Gasteiger charge is -2.24. The van der Waals surface area contributed by atoms with Crippen LogP contribution in [0, 0.1) is 15.9 Å². The molecule has 0 fully saturated rings. The second kappa shape index (κ2) is 6.11. The number of halogens is 1. The largest absolute Gasteiger partial charge is 0.365 e. The summed E-state index contributed by atoms with van der Waals surface area (Å²) >= 11 is 0. The quantitative estimate of drug-likeness (QED) is 0.699. The highest BCUT2D eigenvalue weighted by atomic mass is 19.1. The van der Waals surface area contributed by atoms with E-state index in [-0.39, 0.29) is 5.69 Å². The molecular formula is C16H16FN3O2. The monoisotopic (exact) mass is 301 g/mol. The summed E-state index contributed by atoms with van der Waals surface area (Å²) in [5.41, 5.74) is 2.52. The first-order chi connectivity index (χ1) is 10.6. The number of hydrogen-bond donors (Lipinski definition) is 1. The molecule has 0 radical (unpaired) electrons. The molecule has 0 unspecified atom stereocenters. The van der Waals surface area contributed by atoms with Gasteiger partial charge in [0.1, 0.15) is 5.82 Å². The lowest BCUT2D eigenvalue weighted by Crippen LogP contribution is -2.28. The topological polar surface area (TPSA) is 58.4 Å². The van der Waals surface area contributed by atoms with Gasteiger partial charge in [-0.1, -0.05) is 18.2 Å². The molecule has 114 valence electrons. The Bertz CT molecular complexity index is 706. The SMILES string of the molecule is O=[N+]([O-])c1ccc(F)cc1CN1CCNCc2ccccc21. The van der Waals surface area contributed by atoms with Crippen LogP contribution in [0.25, 0.3) is 0 Å². The van der Waals surface area contributed by atoms with Gasteiger partial charge < -0.3 is 10.2 Å². The Hall–Kier alpha value is -2.47. The molecular weight excluding hydrogens is 285 g/mol. The van der Waals surface area contributed by atoms with Gasteiger partial charge in [0.2, 0.25) is 0 Å². The van der Waals surface area contributed by atoms with Crippen LogP contribution in [0.5, 0.6) is 0 Å². The van der Waals surface area contributed by atoms with Crippen molar-refractivity contribution in [3.05, 3.63) is 69.5 Å². The Morgan fingerprint density at radius 1 is 1.27 bits per heavy atom. The van der Waals surface area contributed by atoms with Crippen LogP contribution < -0.4 is 10.2 Å². The van der Waals surface area contributed by atoms with Crippen LogP contribution in [-0.4, -0.2) is 18.0 Å². The Balaban J connectivity index is 1.96. The molecule has 0 spiro atoms. The summed E-state index contributed by atoms with van der Waals surface area (Å²) < 4.78 is 13.5. The molecule has 0 saturated heterocycles. The van der Waals surface area contributed by atoms with Crippen molar-refractivity contribution in [3.8, 4) is 0 Å². The van der Waals surface area contributed by atoms with Gasteiger partial charge in [0.05, 0.1) is 10.5 Å². The Kier molecular flexibility index (Phi) is 4.02. The zero-order valence-corrected chi connectivity index (χ0v) is 12.0. The lowest BCUT2D eigenvalue weighted by atomic mass is 10.1. The van der Waals surface area contributed by atoms with E-state index in [4.69, 9.17) is 0 Å². The van der Waals surface area contributed by atoms with E-state index in [1.807, 2.05) is 24.3 Å². The van der Waals surface area contributed by atoms with Gasteiger partial charge >= 0.3 is 0 Å². The molecule has 1 heterocycles. The van der Waals surface area contributed by atoms with E-state index in [1.165, 1.54) is 12.1 Å². The third-order valence-corrected chi connectivity index (χ3v) is 3.81. The van der Waals surface area contributed by atoms with Crippen LogP contribution in [0.1, 0.15) is 11.1 Å². The van der Waals surface area contributed by atoms with Crippen LogP contribution in [0.4, 0.5) is 15.8 Å². The summed E-state index contributed by atoms with van der Waals surface area (Å²) in [6.07, 6.45) is 0. The van der Waals surface area contributed by atoms with Gasteiger partial charge in [-0.3, -0.25) is 10.1 Å². The maximum Gasteiger partial charge on any atom is 0.274 e. The number of fused-ring (bicyclic) bond motifs is 1. The predicted octanol–water partition coefficient (Wildman–Crippen LogP) is 2.84. The Morgan fingerprint density at radius 2 is 2.09 bits per heavy atom. The van der Waals surface area contributed by atoms with Crippen molar-refractivity contribution in [2.75, 3.05) is 18.0 Å². The van der Waals surface area contributed by atoms with Crippen molar-refractivity contribution < 1.29 is 9.31 Å². The minimum absolute atomic E-state index is 0.0453. The fourth-order valence-corrected chi connectivity index (χ4v) is 2.76. The normalized spacial score (nSPS) is 14.3. The van der Waals surface area contributed by atoms with E-state index in [1.54, 1.807) is 0 Å². The first-order valence-electron chi connectivity index (χ1n) is 7.11. The number of benzene rings is 2. The molecule has 2 aromatic rings. The number of nitrogens with one attached hydrogen (secondary N) is 1. The molecule has 0 saturated carbocycles. The van der Waals surface area contributed by atoms with Crippen molar-refractivity contribution in [1.82, 2.24) is 5.32 Å². The number of rotatable bonds is 3. The maximum absolute atomic E-state index is 13.5. The van der Waals surface area contributed by atoms with E-state index < -0.39 is 10.7 Å². The van der Waals surface area contributed by atoms with E-state index in [2.05, 4.69) is 10.2 Å². The highest BCUT2D eigenvalue weighted by Crippen LogP contribution is 2.27. The minimum atomic E-state index is -0.462. The summed E-state index contributed by atoms with van der Waals surface area (Å²) in [7, 11) is 0. The van der Waals surface area contributed by atoms with E-state index in [0.29, 0.717) is 18.7 Å². The third kappa shape index (κ3) is 2.92. The summed E-state index contributed by atoms with van der Waals surface area (Å²) in [5.74, 6) is -0.457. The van der Waals surface area contributed by atoms with Gasteiger partial charge in [0, 0.05) is 37.9 Å². The zero-order chi connectivity index (χ0) is 15.5. The summed E-state index contributed by atoms with van der Waals surface area (Å²) in [4.78, 5) is 12.7. The van der Waals surface area contributed by atoms with Crippen molar-refractivity contribution in [1.29, 1.82) is 0 Å². The molecule has 1 N–H and O–H groups in total. The summed E-state index contributed by atoms with van der Waals surface area (Å²) in [6.45, 7) is 2.56. The van der Waals surface area contributed by atoms with Crippen LogP contribution >= 0.6 is 0 Å². The van der Waals surface area contributed by atoms with E-state index in [9.17, 15) is 14.5 Å². The van der Waals surface area contributed by atoms with Crippen LogP contribution in [-0.2, 0) is 13.1 Å². The number of hydrogen-bond acceptors (Lipinski definition) is 4. The smallest absolute Gasteiger partial charge is 0.274 e. The second-order valence-corrected chi connectivity index (χ2v) is 5.26. The van der Waals surface area contributed by atoms with Gasteiger partial charge in [0.15, 0.2) is 0 Å². The molecule has 2 aromatic carbocycles. The average Bonchev–Trinajstić information content (AvgIpc) is 2.70. The number of nitro groups is 1. The Morgan fingerprint density at radius 3 is 2.91 bits per heavy atom. The van der Waals surface area contributed by atoms with E-state index in [0.717, 1.165) is 30.4 Å². The van der Waals surface area contributed by atoms with Gasteiger partial charge in [-0.25, -0.2) is 4.39 Å². The molecule has 3 rings (SSSR count). The van der Waals surface area contributed by atoms with Crippen molar-refractivity contribution in [2.45, 2.75) is 13.1 Å². The fourth-order valence-electron chi connectivity index (χ4n) is 2.76.